The molecule has 2 aromatic carbocycles. The number of hydrogen-bond acceptors (Lipinski definition) is 7. The molecule has 0 saturated carbocycles. The van der Waals surface area contributed by atoms with Crippen LogP contribution in [0.5, 0.6) is 11.5 Å². The largest absolute Gasteiger partial charge is 0.454 e. The molecule has 33 heavy (non-hydrogen) atoms. The molecule has 0 bridgehead atoms. The number of amides is 1. The number of nitro benzene ring substituents is 1. The van der Waals surface area contributed by atoms with Crippen molar-refractivity contribution in [3.05, 3.63) is 57.6 Å². The van der Waals surface area contributed by atoms with Crippen LogP contribution in [0.3, 0.4) is 0 Å². The van der Waals surface area contributed by atoms with Crippen LogP contribution in [0.4, 0.5) is 24.5 Å². The van der Waals surface area contributed by atoms with Crippen LogP contribution >= 0.6 is 0 Å². The van der Waals surface area contributed by atoms with Crippen LogP contribution in [-0.4, -0.2) is 55.2 Å². The lowest BCUT2D eigenvalue weighted by Crippen LogP contribution is -2.49. The zero-order valence-corrected chi connectivity index (χ0v) is 17.4. The minimum atomic E-state index is -4.66. The number of anilines is 1. The average Bonchev–Trinajstić information content (AvgIpc) is 3.25. The molecule has 2 aromatic rings. The summed E-state index contributed by atoms with van der Waals surface area (Å²) in [5, 5.41) is 14.2. The van der Waals surface area contributed by atoms with E-state index in [1.807, 2.05) is 11.0 Å². The fourth-order valence-electron chi connectivity index (χ4n) is 3.77. The first-order chi connectivity index (χ1) is 15.7. The van der Waals surface area contributed by atoms with Gasteiger partial charge in [0.2, 0.25) is 12.7 Å². The van der Waals surface area contributed by atoms with Crippen molar-refractivity contribution in [2.24, 2.45) is 0 Å². The van der Waals surface area contributed by atoms with Gasteiger partial charge in [0.05, 0.1) is 17.0 Å². The fraction of sp³-hybridized carbons (Fsp3) is 0.381. The Hall–Kier alpha value is -3.54. The zero-order chi connectivity index (χ0) is 23.6. The van der Waals surface area contributed by atoms with Crippen LogP contribution in [0.15, 0.2) is 36.4 Å². The summed E-state index contributed by atoms with van der Waals surface area (Å²) in [6, 6.07) is 7.96. The molecule has 9 nitrogen and oxygen atoms in total. The van der Waals surface area contributed by atoms with Crippen molar-refractivity contribution in [3.8, 4) is 11.5 Å². The minimum absolute atomic E-state index is 0.139. The molecule has 2 heterocycles. The molecule has 1 amide bonds. The lowest BCUT2D eigenvalue weighted by atomic mass is 10.1. The van der Waals surface area contributed by atoms with Crippen LogP contribution in [-0.2, 0) is 17.5 Å². The van der Waals surface area contributed by atoms with Gasteiger partial charge in [0.15, 0.2) is 11.5 Å². The van der Waals surface area contributed by atoms with Crippen molar-refractivity contribution >= 4 is 17.3 Å². The molecule has 0 radical (unpaired) electrons. The molecular formula is C21H21F3N4O5. The summed E-state index contributed by atoms with van der Waals surface area (Å²) < 4.78 is 49.3. The van der Waals surface area contributed by atoms with Gasteiger partial charge in [-0.1, -0.05) is 6.07 Å². The van der Waals surface area contributed by atoms with E-state index >= 15 is 0 Å². The van der Waals surface area contributed by atoms with Gasteiger partial charge in [-0.15, -0.1) is 0 Å². The predicted molar refractivity (Wildman–Crippen MR) is 111 cm³/mol. The van der Waals surface area contributed by atoms with Crippen LogP contribution in [0.1, 0.15) is 11.1 Å². The molecule has 12 heteroatoms. The Bertz CT molecular complexity index is 1050. The monoisotopic (exact) mass is 466 g/mol. The van der Waals surface area contributed by atoms with Crippen LogP contribution < -0.4 is 19.7 Å². The Kier molecular flexibility index (Phi) is 6.27. The van der Waals surface area contributed by atoms with Crippen LogP contribution in [0, 0.1) is 10.1 Å². The molecule has 0 spiro atoms. The van der Waals surface area contributed by atoms with Gasteiger partial charge < -0.3 is 19.7 Å². The van der Waals surface area contributed by atoms with Gasteiger partial charge in [-0.25, -0.2) is 0 Å². The number of piperazine rings is 1. The number of carbonyl (C=O) groups excluding carboxylic acids is 1. The van der Waals surface area contributed by atoms with E-state index in [1.165, 1.54) is 0 Å². The van der Waals surface area contributed by atoms with Gasteiger partial charge in [-0.3, -0.25) is 19.8 Å². The van der Waals surface area contributed by atoms with Crippen LogP contribution in [0.25, 0.3) is 0 Å². The van der Waals surface area contributed by atoms with E-state index in [1.54, 1.807) is 17.0 Å². The van der Waals surface area contributed by atoms with Gasteiger partial charge in [-0.2, -0.15) is 13.2 Å². The highest BCUT2D eigenvalue weighted by atomic mass is 19.4. The second kappa shape index (κ2) is 9.14. The molecule has 2 aliphatic rings. The summed E-state index contributed by atoms with van der Waals surface area (Å²) in [5.74, 6) is 1.12. The third kappa shape index (κ3) is 5.28. The molecule has 176 valence electrons. The number of carbonyl (C=O) groups is 1. The lowest BCUT2D eigenvalue weighted by Gasteiger charge is -2.35. The van der Waals surface area contributed by atoms with Gasteiger partial charge in [0.1, 0.15) is 5.69 Å². The Labute approximate surface area is 186 Å². The Morgan fingerprint density at radius 1 is 1.06 bits per heavy atom. The lowest BCUT2D eigenvalue weighted by molar-refractivity contribution is -0.384. The Balaban J connectivity index is 1.30. The molecule has 1 fully saturated rings. The Morgan fingerprint density at radius 2 is 1.79 bits per heavy atom. The average molecular weight is 466 g/mol. The van der Waals surface area contributed by atoms with Crippen molar-refractivity contribution in [3.63, 3.8) is 0 Å². The van der Waals surface area contributed by atoms with E-state index in [9.17, 15) is 28.1 Å². The van der Waals surface area contributed by atoms with Crippen molar-refractivity contribution < 1.29 is 32.4 Å². The SMILES string of the molecule is O=C(CN1CCN(c2ccc(C(F)(F)F)cc2[N+](=O)[O-])CC1)NCc1ccc2c(c1)OCO2. The van der Waals surface area contributed by atoms with E-state index in [0.717, 1.165) is 17.7 Å². The number of nitro groups is 1. The number of nitrogens with one attached hydrogen (secondary N) is 1. The maximum atomic E-state index is 12.9. The van der Waals surface area contributed by atoms with E-state index in [-0.39, 0.29) is 24.9 Å². The van der Waals surface area contributed by atoms with Crippen LogP contribution in [0.2, 0.25) is 0 Å². The highest BCUT2D eigenvalue weighted by Gasteiger charge is 2.34. The number of halogens is 3. The van der Waals surface area contributed by atoms with E-state index in [0.29, 0.717) is 50.3 Å². The molecule has 2 aliphatic heterocycles. The standard InChI is InChI=1S/C21H21F3N4O5/c22-21(23,24)15-2-3-16(17(10-15)28(30)31)27-7-5-26(6-8-27)12-20(29)25-11-14-1-4-18-19(9-14)33-13-32-18/h1-4,9-10H,5-8,11-13H2,(H,25,29). The van der Waals surface area contributed by atoms with Crippen molar-refractivity contribution in [2.45, 2.75) is 12.7 Å². The molecular weight excluding hydrogens is 445 g/mol. The maximum Gasteiger partial charge on any atom is 0.416 e. The first-order valence-corrected chi connectivity index (χ1v) is 10.2. The number of hydrogen-bond donors (Lipinski definition) is 1. The van der Waals surface area contributed by atoms with Crippen molar-refractivity contribution in [1.82, 2.24) is 10.2 Å². The summed E-state index contributed by atoms with van der Waals surface area (Å²) in [4.78, 5) is 26.4. The van der Waals surface area contributed by atoms with E-state index in [4.69, 9.17) is 9.47 Å². The third-order valence-corrected chi connectivity index (χ3v) is 5.51. The highest BCUT2D eigenvalue weighted by molar-refractivity contribution is 5.78. The zero-order valence-electron chi connectivity index (χ0n) is 17.4. The van der Waals surface area contributed by atoms with Gasteiger partial charge in [-0.05, 0) is 29.8 Å². The van der Waals surface area contributed by atoms with E-state index < -0.39 is 22.4 Å². The quantitative estimate of drug-likeness (QED) is 0.517. The number of nitrogens with zero attached hydrogens (tertiary/aromatic N) is 3. The topological polar surface area (TPSA) is 97.2 Å². The maximum absolute atomic E-state index is 12.9. The molecule has 0 unspecified atom stereocenters. The molecule has 1 saturated heterocycles. The summed E-state index contributed by atoms with van der Waals surface area (Å²) in [5.41, 5.74) is -0.637. The minimum Gasteiger partial charge on any atom is -0.454 e. The van der Waals surface area contributed by atoms with Crippen molar-refractivity contribution in [1.29, 1.82) is 0 Å². The summed E-state index contributed by atoms with van der Waals surface area (Å²) in [6.07, 6.45) is -4.66. The predicted octanol–water partition coefficient (Wildman–Crippen LogP) is 2.78. The molecule has 4 rings (SSSR count). The third-order valence-electron chi connectivity index (χ3n) is 5.51. The van der Waals surface area contributed by atoms with Gasteiger partial charge in [0.25, 0.3) is 5.69 Å². The Morgan fingerprint density at radius 3 is 2.48 bits per heavy atom. The smallest absolute Gasteiger partial charge is 0.416 e. The molecule has 0 aliphatic carbocycles. The summed E-state index contributed by atoms with van der Waals surface area (Å²) in [7, 11) is 0. The first-order valence-electron chi connectivity index (χ1n) is 10.2. The van der Waals surface area contributed by atoms with Crippen molar-refractivity contribution in [2.75, 3.05) is 44.4 Å². The summed E-state index contributed by atoms with van der Waals surface area (Å²) >= 11 is 0. The number of rotatable bonds is 6. The molecule has 1 N–H and O–H groups in total. The van der Waals surface area contributed by atoms with Gasteiger partial charge in [0, 0.05) is 38.8 Å². The normalized spacial score (nSPS) is 16.0. The number of fused-ring (bicyclic) bond motifs is 1. The fourth-order valence-corrected chi connectivity index (χ4v) is 3.77. The summed E-state index contributed by atoms with van der Waals surface area (Å²) in [6.45, 7) is 2.22. The number of alkyl halides is 3. The second-order valence-electron chi connectivity index (χ2n) is 7.69. The number of ether oxygens (including phenoxy) is 2. The molecule has 0 aromatic heterocycles. The van der Waals surface area contributed by atoms with E-state index in [2.05, 4.69) is 5.32 Å². The molecule has 0 atom stereocenters. The highest BCUT2D eigenvalue weighted by Crippen LogP contribution is 2.37. The number of benzene rings is 2. The second-order valence-corrected chi connectivity index (χ2v) is 7.69. The van der Waals surface area contributed by atoms with Gasteiger partial charge >= 0.3 is 6.18 Å². The first kappa shape index (κ1) is 22.6.